The number of amides is 1. The minimum atomic E-state index is 0.00775. The number of carbonyl (C=O) groups is 1. The number of nitrogens with zero attached hydrogens (tertiary/aromatic N) is 3. The van der Waals surface area contributed by atoms with Crippen LogP contribution in [0.25, 0.3) is 0 Å². The largest absolute Gasteiger partial charge is 0.353 e. The summed E-state index contributed by atoms with van der Waals surface area (Å²) in [6, 6.07) is 7.96. The summed E-state index contributed by atoms with van der Waals surface area (Å²) in [5, 5.41) is 0. The Morgan fingerprint density at radius 3 is 2.90 bits per heavy atom. The SMILES string of the molecule is Cn1cccc1[C@H]1CCCCN1C(=O)c1ncccc1Br. The molecule has 1 aliphatic rings. The van der Waals surface area contributed by atoms with Crippen LogP contribution in [0.4, 0.5) is 0 Å². The van der Waals surface area contributed by atoms with Crippen LogP contribution in [0.3, 0.4) is 0 Å². The minimum Gasteiger partial charge on any atom is -0.353 e. The van der Waals surface area contributed by atoms with E-state index in [0.29, 0.717) is 5.69 Å². The molecule has 4 nitrogen and oxygen atoms in total. The number of hydrogen-bond donors (Lipinski definition) is 0. The van der Waals surface area contributed by atoms with Crippen molar-refractivity contribution in [3.63, 3.8) is 0 Å². The van der Waals surface area contributed by atoms with Crippen molar-refractivity contribution in [1.82, 2.24) is 14.5 Å². The molecule has 1 atom stereocenters. The van der Waals surface area contributed by atoms with E-state index in [9.17, 15) is 4.79 Å². The molecule has 0 spiro atoms. The molecular weight excluding hydrogens is 330 g/mol. The highest BCUT2D eigenvalue weighted by atomic mass is 79.9. The van der Waals surface area contributed by atoms with Crippen LogP contribution in [0.2, 0.25) is 0 Å². The van der Waals surface area contributed by atoms with Crippen molar-refractivity contribution < 1.29 is 4.79 Å². The van der Waals surface area contributed by atoms with Crippen molar-refractivity contribution in [1.29, 1.82) is 0 Å². The molecule has 1 fully saturated rings. The molecule has 5 heteroatoms. The lowest BCUT2D eigenvalue weighted by atomic mass is 9.98. The van der Waals surface area contributed by atoms with Crippen LogP contribution in [0.5, 0.6) is 0 Å². The highest BCUT2D eigenvalue weighted by Gasteiger charge is 2.31. The summed E-state index contributed by atoms with van der Waals surface area (Å²) in [4.78, 5) is 19.1. The number of piperidine rings is 1. The summed E-state index contributed by atoms with van der Waals surface area (Å²) in [5.74, 6) is 0.00775. The minimum absolute atomic E-state index is 0.00775. The molecule has 0 aliphatic carbocycles. The van der Waals surface area contributed by atoms with E-state index in [1.165, 1.54) is 5.69 Å². The fourth-order valence-corrected chi connectivity index (χ4v) is 3.41. The summed E-state index contributed by atoms with van der Waals surface area (Å²) in [6.07, 6.45) is 6.91. The maximum atomic E-state index is 12.9. The van der Waals surface area contributed by atoms with E-state index < -0.39 is 0 Å². The zero-order chi connectivity index (χ0) is 14.8. The second-order valence-corrected chi connectivity index (χ2v) is 6.24. The zero-order valence-corrected chi connectivity index (χ0v) is 13.6. The van der Waals surface area contributed by atoms with Gasteiger partial charge in [-0.1, -0.05) is 0 Å². The predicted octanol–water partition coefficient (Wildman–Crippen LogP) is 3.55. The van der Waals surface area contributed by atoms with Crippen molar-refractivity contribution in [2.24, 2.45) is 7.05 Å². The molecule has 0 radical (unpaired) electrons. The summed E-state index contributed by atoms with van der Waals surface area (Å²) in [5.41, 5.74) is 1.69. The first-order chi connectivity index (χ1) is 10.2. The molecule has 3 rings (SSSR count). The molecular formula is C16H18BrN3O. The van der Waals surface area contributed by atoms with Crippen LogP contribution >= 0.6 is 15.9 Å². The molecule has 0 unspecified atom stereocenters. The Hall–Kier alpha value is -1.62. The second-order valence-electron chi connectivity index (χ2n) is 5.39. The maximum absolute atomic E-state index is 12.9. The summed E-state index contributed by atoms with van der Waals surface area (Å²) in [7, 11) is 2.03. The first-order valence-corrected chi connectivity index (χ1v) is 8.00. The lowest BCUT2D eigenvalue weighted by Gasteiger charge is -2.36. The normalized spacial score (nSPS) is 18.8. The van der Waals surface area contributed by atoms with Crippen LogP contribution < -0.4 is 0 Å². The van der Waals surface area contributed by atoms with Crippen LogP contribution in [-0.2, 0) is 7.05 Å². The molecule has 1 amide bonds. The number of carbonyl (C=O) groups excluding carboxylic acids is 1. The quantitative estimate of drug-likeness (QED) is 0.833. The molecule has 0 saturated carbocycles. The molecule has 2 aromatic heterocycles. The average molecular weight is 348 g/mol. The molecule has 0 N–H and O–H groups in total. The summed E-state index contributed by atoms with van der Waals surface area (Å²) in [6.45, 7) is 0.789. The third kappa shape index (κ3) is 2.75. The first kappa shape index (κ1) is 14.3. The third-order valence-corrected chi connectivity index (χ3v) is 4.69. The Morgan fingerprint density at radius 1 is 1.33 bits per heavy atom. The first-order valence-electron chi connectivity index (χ1n) is 7.21. The van der Waals surface area contributed by atoms with Gasteiger partial charge in [0.2, 0.25) is 0 Å². The highest BCUT2D eigenvalue weighted by Crippen LogP contribution is 2.32. The number of aryl methyl sites for hydroxylation is 1. The van der Waals surface area contributed by atoms with Gasteiger partial charge < -0.3 is 9.47 Å². The molecule has 110 valence electrons. The van der Waals surface area contributed by atoms with Crippen LogP contribution in [0.1, 0.15) is 41.5 Å². The molecule has 1 saturated heterocycles. The van der Waals surface area contributed by atoms with Gasteiger partial charge in [0.1, 0.15) is 5.69 Å². The fourth-order valence-electron chi connectivity index (χ4n) is 2.98. The van der Waals surface area contributed by atoms with Crippen molar-refractivity contribution in [3.05, 3.63) is 52.5 Å². The Labute approximate surface area is 132 Å². The maximum Gasteiger partial charge on any atom is 0.274 e. The van der Waals surface area contributed by atoms with E-state index in [4.69, 9.17) is 0 Å². The van der Waals surface area contributed by atoms with Gasteiger partial charge in [-0.25, -0.2) is 4.98 Å². The van der Waals surface area contributed by atoms with E-state index in [2.05, 4.69) is 31.5 Å². The Bertz CT molecular complexity index is 652. The van der Waals surface area contributed by atoms with Gasteiger partial charge in [0.05, 0.1) is 6.04 Å². The van der Waals surface area contributed by atoms with E-state index in [0.717, 1.165) is 30.3 Å². The van der Waals surface area contributed by atoms with Gasteiger partial charge in [-0.3, -0.25) is 4.79 Å². The van der Waals surface area contributed by atoms with Crippen molar-refractivity contribution in [3.8, 4) is 0 Å². The van der Waals surface area contributed by atoms with E-state index >= 15 is 0 Å². The number of rotatable bonds is 2. The van der Waals surface area contributed by atoms with Gasteiger partial charge in [-0.05, 0) is 59.5 Å². The zero-order valence-electron chi connectivity index (χ0n) is 12.0. The Morgan fingerprint density at radius 2 is 2.19 bits per heavy atom. The Kier molecular flexibility index (Phi) is 4.10. The third-order valence-electron chi connectivity index (χ3n) is 4.05. The number of halogens is 1. The lowest BCUT2D eigenvalue weighted by molar-refractivity contribution is 0.0595. The van der Waals surface area contributed by atoms with Crippen molar-refractivity contribution in [2.45, 2.75) is 25.3 Å². The predicted molar refractivity (Wildman–Crippen MR) is 85.0 cm³/mol. The number of likely N-dealkylation sites (tertiary alicyclic amines) is 1. The molecule has 1 aliphatic heterocycles. The lowest BCUT2D eigenvalue weighted by Crippen LogP contribution is -2.39. The van der Waals surface area contributed by atoms with Gasteiger partial charge in [-0.2, -0.15) is 0 Å². The molecule has 3 heterocycles. The van der Waals surface area contributed by atoms with Gasteiger partial charge in [0, 0.05) is 36.2 Å². The van der Waals surface area contributed by atoms with Crippen molar-refractivity contribution in [2.75, 3.05) is 6.54 Å². The van der Waals surface area contributed by atoms with Crippen molar-refractivity contribution >= 4 is 21.8 Å². The van der Waals surface area contributed by atoms with Crippen LogP contribution in [0.15, 0.2) is 41.1 Å². The fraction of sp³-hybridized carbons (Fsp3) is 0.375. The van der Waals surface area contributed by atoms with Crippen LogP contribution in [-0.4, -0.2) is 26.9 Å². The standard InChI is InChI=1S/C16H18BrN3O/c1-19-10-5-8-13(19)14-7-2-3-11-20(14)16(21)15-12(17)6-4-9-18-15/h4-6,8-10,14H,2-3,7,11H2,1H3/t14-/m1/s1. The smallest absolute Gasteiger partial charge is 0.274 e. The molecule has 21 heavy (non-hydrogen) atoms. The second kappa shape index (κ2) is 6.02. The van der Waals surface area contributed by atoms with E-state index in [-0.39, 0.29) is 11.9 Å². The monoisotopic (exact) mass is 347 g/mol. The molecule has 2 aromatic rings. The van der Waals surface area contributed by atoms with Gasteiger partial charge in [-0.15, -0.1) is 0 Å². The Balaban J connectivity index is 1.93. The van der Waals surface area contributed by atoms with Gasteiger partial charge in [0.25, 0.3) is 5.91 Å². The molecule has 0 aromatic carbocycles. The summed E-state index contributed by atoms with van der Waals surface area (Å²) < 4.78 is 2.86. The van der Waals surface area contributed by atoms with Gasteiger partial charge in [0.15, 0.2) is 0 Å². The van der Waals surface area contributed by atoms with E-state index in [1.807, 2.05) is 36.3 Å². The van der Waals surface area contributed by atoms with Crippen LogP contribution in [0, 0.1) is 0 Å². The number of aromatic nitrogens is 2. The van der Waals surface area contributed by atoms with E-state index in [1.54, 1.807) is 6.20 Å². The summed E-state index contributed by atoms with van der Waals surface area (Å²) >= 11 is 3.43. The van der Waals surface area contributed by atoms with Gasteiger partial charge >= 0.3 is 0 Å². The number of hydrogen-bond acceptors (Lipinski definition) is 2. The average Bonchev–Trinajstić information content (AvgIpc) is 2.93. The number of pyridine rings is 1. The highest BCUT2D eigenvalue weighted by molar-refractivity contribution is 9.10. The molecule has 0 bridgehead atoms. The topological polar surface area (TPSA) is 38.1 Å².